The largest absolute Gasteiger partial charge is 0.270 e. The number of rotatable bonds is 9. The Morgan fingerprint density at radius 2 is 1.87 bits per heavy atom. The van der Waals surface area contributed by atoms with Crippen LogP contribution in [0, 0.1) is 6.92 Å². The Morgan fingerprint density at radius 1 is 1.17 bits per heavy atom. The first-order valence-electron chi connectivity index (χ1n) is 9.84. The second-order valence-corrected chi connectivity index (χ2v) is 9.18. The zero-order valence-electron chi connectivity index (χ0n) is 17.5. The topological polar surface area (TPSA) is 89.8 Å². The Morgan fingerprint density at radius 3 is 2.50 bits per heavy atom. The zero-order chi connectivity index (χ0) is 21.7. The van der Waals surface area contributed by atoms with Crippen molar-refractivity contribution >= 4 is 10.0 Å². The molecule has 0 aliphatic heterocycles. The predicted octanol–water partition coefficient (Wildman–Crippen LogP) is 3.43. The molecule has 8 heteroatoms. The van der Waals surface area contributed by atoms with Crippen LogP contribution in [0.5, 0.6) is 0 Å². The van der Waals surface area contributed by atoms with Gasteiger partial charge in [0.15, 0.2) is 0 Å². The third-order valence-electron chi connectivity index (χ3n) is 4.75. The standard InChI is InChI=1S/C22H27N5O2S/c1-5-30(28,29)25-11-10-18-6-8-19(9-7-18)12-21-23-13-17(4)22(26-21)20-14-24-27(15-20)16(2)3/h5-9,13-16,25H,1,10-12H2,2-4H3. The fourth-order valence-electron chi connectivity index (χ4n) is 3.00. The molecular weight excluding hydrogens is 398 g/mol. The summed E-state index contributed by atoms with van der Waals surface area (Å²) in [6, 6.07) is 8.35. The van der Waals surface area contributed by atoms with Crippen LogP contribution in [0.4, 0.5) is 0 Å². The highest BCUT2D eigenvalue weighted by Crippen LogP contribution is 2.22. The Kier molecular flexibility index (Phi) is 6.79. The summed E-state index contributed by atoms with van der Waals surface area (Å²) in [6.07, 6.45) is 6.94. The highest BCUT2D eigenvalue weighted by molar-refractivity contribution is 7.92. The van der Waals surface area contributed by atoms with Gasteiger partial charge in [0.2, 0.25) is 10.0 Å². The Labute approximate surface area is 177 Å². The van der Waals surface area contributed by atoms with Gasteiger partial charge in [0.25, 0.3) is 0 Å². The molecule has 0 fully saturated rings. The van der Waals surface area contributed by atoms with Crippen molar-refractivity contribution in [1.82, 2.24) is 24.5 Å². The first kappa shape index (κ1) is 21.9. The molecule has 2 heterocycles. The summed E-state index contributed by atoms with van der Waals surface area (Å²) in [4.78, 5) is 9.25. The Balaban J connectivity index is 1.68. The van der Waals surface area contributed by atoms with Gasteiger partial charge in [-0.3, -0.25) is 4.68 Å². The Bertz CT molecular complexity index is 1120. The summed E-state index contributed by atoms with van der Waals surface area (Å²) in [6.45, 7) is 9.80. The van der Waals surface area contributed by atoms with E-state index in [1.54, 1.807) is 0 Å². The molecule has 0 saturated carbocycles. The molecule has 0 atom stereocenters. The van der Waals surface area contributed by atoms with Gasteiger partial charge in [-0.05, 0) is 43.9 Å². The van der Waals surface area contributed by atoms with E-state index in [0.717, 1.165) is 39.2 Å². The maximum atomic E-state index is 11.4. The van der Waals surface area contributed by atoms with E-state index < -0.39 is 10.0 Å². The van der Waals surface area contributed by atoms with Crippen LogP contribution in [0.1, 0.15) is 42.4 Å². The number of sulfonamides is 1. The summed E-state index contributed by atoms with van der Waals surface area (Å²) < 4.78 is 27.2. The lowest BCUT2D eigenvalue weighted by Crippen LogP contribution is -2.23. The minimum atomic E-state index is -3.38. The monoisotopic (exact) mass is 425 g/mol. The van der Waals surface area contributed by atoms with E-state index in [0.29, 0.717) is 25.4 Å². The molecule has 0 aliphatic rings. The van der Waals surface area contributed by atoms with Gasteiger partial charge in [0, 0.05) is 42.4 Å². The number of nitrogens with zero attached hydrogens (tertiary/aromatic N) is 4. The summed E-state index contributed by atoms with van der Waals surface area (Å²) in [5, 5.41) is 5.33. The molecule has 0 spiro atoms. The van der Waals surface area contributed by atoms with E-state index in [-0.39, 0.29) is 0 Å². The third kappa shape index (κ3) is 5.61. The van der Waals surface area contributed by atoms with Crippen LogP contribution in [0.2, 0.25) is 0 Å². The fraction of sp³-hybridized carbons (Fsp3) is 0.318. The summed E-state index contributed by atoms with van der Waals surface area (Å²) in [7, 11) is -3.38. The smallest absolute Gasteiger partial charge is 0.233 e. The van der Waals surface area contributed by atoms with E-state index in [2.05, 4.69) is 35.2 Å². The van der Waals surface area contributed by atoms with Crippen molar-refractivity contribution in [2.45, 2.75) is 39.7 Å². The predicted molar refractivity (Wildman–Crippen MR) is 118 cm³/mol. The molecule has 2 aromatic heterocycles. The van der Waals surface area contributed by atoms with E-state index in [9.17, 15) is 8.42 Å². The van der Waals surface area contributed by atoms with Crippen LogP contribution in [0.15, 0.2) is 54.8 Å². The molecule has 0 unspecified atom stereocenters. The summed E-state index contributed by atoms with van der Waals surface area (Å²) >= 11 is 0. The summed E-state index contributed by atoms with van der Waals surface area (Å²) in [5.74, 6) is 0.749. The van der Waals surface area contributed by atoms with Gasteiger partial charge in [-0.25, -0.2) is 23.1 Å². The van der Waals surface area contributed by atoms with Crippen molar-refractivity contribution in [3.8, 4) is 11.3 Å². The molecular formula is C22H27N5O2S. The second-order valence-electron chi connectivity index (χ2n) is 7.47. The van der Waals surface area contributed by atoms with E-state index in [1.165, 1.54) is 0 Å². The molecule has 0 amide bonds. The molecule has 1 aromatic carbocycles. The van der Waals surface area contributed by atoms with Crippen LogP contribution in [0.25, 0.3) is 11.3 Å². The molecule has 30 heavy (non-hydrogen) atoms. The lowest BCUT2D eigenvalue weighted by atomic mass is 10.1. The van der Waals surface area contributed by atoms with E-state index in [1.807, 2.05) is 54.5 Å². The minimum Gasteiger partial charge on any atom is -0.270 e. The normalized spacial score (nSPS) is 11.7. The van der Waals surface area contributed by atoms with Crippen molar-refractivity contribution < 1.29 is 8.42 Å². The number of hydrogen-bond acceptors (Lipinski definition) is 5. The van der Waals surface area contributed by atoms with Crippen LogP contribution in [-0.2, 0) is 22.9 Å². The van der Waals surface area contributed by atoms with Gasteiger partial charge in [-0.15, -0.1) is 0 Å². The molecule has 0 aliphatic carbocycles. The Hall–Kier alpha value is -2.84. The number of aromatic nitrogens is 4. The number of aryl methyl sites for hydroxylation is 1. The first-order chi connectivity index (χ1) is 14.3. The van der Waals surface area contributed by atoms with Gasteiger partial charge in [-0.1, -0.05) is 30.8 Å². The molecule has 0 radical (unpaired) electrons. The molecule has 3 rings (SSSR count). The van der Waals surface area contributed by atoms with Gasteiger partial charge >= 0.3 is 0 Å². The van der Waals surface area contributed by atoms with Gasteiger partial charge < -0.3 is 0 Å². The number of benzene rings is 1. The first-order valence-corrected chi connectivity index (χ1v) is 11.4. The van der Waals surface area contributed by atoms with Crippen molar-refractivity contribution in [2.75, 3.05) is 6.54 Å². The zero-order valence-corrected chi connectivity index (χ0v) is 18.4. The molecule has 158 valence electrons. The van der Waals surface area contributed by atoms with Gasteiger partial charge in [0.1, 0.15) is 5.82 Å². The molecule has 0 bridgehead atoms. The van der Waals surface area contributed by atoms with Crippen LogP contribution in [-0.4, -0.2) is 34.7 Å². The number of hydrogen-bond donors (Lipinski definition) is 1. The van der Waals surface area contributed by atoms with Gasteiger partial charge in [0.05, 0.1) is 11.9 Å². The lowest BCUT2D eigenvalue weighted by molar-refractivity contribution is 0.532. The van der Waals surface area contributed by atoms with E-state index >= 15 is 0 Å². The molecule has 3 aromatic rings. The molecule has 0 saturated heterocycles. The van der Waals surface area contributed by atoms with Crippen molar-refractivity contribution in [3.63, 3.8) is 0 Å². The third-order valence-corrected chi connectivity index (χ3v) is 5.79. The van der Waals surface area contributed by atoms with Crippen LogP contribution < -0.4 is 4.72 Å². The summed E-state index contributed by atoms with van der Waals surface area (Å²) in [5.41, 5.74) is 5.05. The van der Waals surface area contributed by atoms with Crippen molar-refractivity contribution in [3.05, 3.63) is 77.4 Å². The highest BCUT2D eigenvalue weighted by Gasteiger charge is 2.11. The van der Waals surface area contributed by atoms with E-state index in [4.69, 9.17) is 4.98 Å². The fourth-order valence-corrected chi connectivity index (χ4v) is 3.51. The second kappa shape index (κ2) is 9.32. The lowest BCUT2D eigenvalue weighted by Gasteiger charge is -2.08. The quantitative estimate of drug-likeness (QED) is 0.567. The van der Waals surface area contributed by atoms with Crippen molar-refractivity contribution in [2.24, 2.45) is 0 Å². The maximum Gasteiger partial charge on any atom is 0.233 e. The minimum absolute atomic E-state index is 0.297. The average Bonchev–Trinajstić information content (AvgIpc) is 3.21. The molecule has 1 N–H and O–H groups in total. The number of nitrogens with one attached hydrogen (secondary N) is 1. The molecule has 7 nitrogen and oxygen atoms in total. The highest BCUT2D eigenvalue weighted by atomic mass is 32.2. The van der Waals surface area contributed by atoms with Gasteiger partial charge in [-0.2, -0.15) is 5.10 Å². The van der Waals surface area contributed by atoms with Crippen LogP contribution >= 0.6 is 0 Å². The SMILES string of the molecule is C=CS(=O)(=O)NCCc1ccc(Cc2ncc(C)c(-c3cnn(C(C)C)c3)n2)cc1. The van der Waals surface area contributed by atoms with Crippen molar-refractivity contribution in [1.29, 1.82) is 0 Å². The maximum absolute atomic E-state index is 11.4. The van der Waals surface area contributed by atoms with Crippen LogP contribution in [0.3, 0.4) is 0 Å². The average molecular weight is 426 g/mol.